The number of ketones is 2. The second-order valence-corrected chi connectivity index (χ2v) is 17.3. The second kappa shape index (κ2) is 23.0. The first kappa shape index (κ1) is 51.8. The van der Waals surface area contributed by atoms with Gasteiger partial charge in [-0.1, -0.05) is 107 Å². The third-order valence-electron chi connectivity index (χ3n) is 9.38. The Bertz CT molecular complexity index is 2670. The molecule has 2 unspecified atom stereocenters. The minimum absolute atomic E-state index is 0.0181. The van der Waals surface area contributed by atoms with E-state index in [1.807, 2.05) is 13.8 Å². The molecule has 22 heteroatoms. The molecule has 5 rings (SSSR count). The second-order valence-electron chi connectivity index (χ2n) is 14.0. The number of benzene rings is 5. The lowest BCUT2D eigenvalue weighted by Crippen LogP contribution is -2.33. The van der Waals surface area contributed by atoms with E-state index in [9.17, 15) is 28.8 Å². The van der Waals surface area contributed by atoms with Crippen molar-refractivity contribution in [2.75, 3.05) is 21.3 Å². The lowest BCUT2D eigenvalue weighted by Gasteiger charge is -2.20. The molecule has 4 amide bonds. The number of hydrogen-bond donors (Lipinski definition) is 4. The number of carbonyl (C=O) groups is 6. The first-order valence-corrected chi connectivity index (χ1v) is 22.3. The Kier molecular flexibility index (Phi) is 18.1. The molecule has 0 bridgehead atoms. The van der Waals surface area contributed by atoms with Gasteiger partial charge < -0.3 is 21.3 Å². The number of azo groups is 2. The number of carbonyl (C=O) groups excluding carboxylic acids is 6. The van der Waals surface area contributed by atoms with Crippen LogP contribution in [0.15, 0.2) is 93.3 Å². The fourth-order valence-corrected chi connectivity index (χ4v) is 7.77. The summed E-state index contributed by atoms with van der Waals surface area (Å²) < 4.78 is 0. The highest BCUT2D eigenvalue weighted by molar-refractivity contribution is 6.46. The lowest BCUT2D eigenvalue weighted by molar-refractivity contribution is -0.127. The third kappa shape index (κ3) is 12.8. The van der Waals surface area contributed by atoms with Gasteiger partial charge in [0.05, 0.1) is 41.5 Å². The maximum Gasteiger partial charge on any atom is 0.258 e. The number of halogens is 8. The van der Waals surface area contributed by atoms with Crippen LogP contribution >= 0.6 is 92.8 Å². The third-order valence-corrected chi connectivity index (χ3v) is 12.1. The van der Waals surface area contributed by atoms with Crippen molar-refractivity contribution in [2.24, 2.45) is 20.5 Å². The Morgan fingerprint density at radius 3 is 1.17 bits per heavy atom. The summed E-state index contributed by atoms with van der Waals surface area (Å²) in [6, 6.07) is 13.6. The number of nitrogens with zero attached hydrogens (tertiary/aromatic N) is 4. The van der Waals surface area contributed by atoms with Crippen LogP contribution in [-0.2, 0) is 32.0 Å². The molecule has 66 heavy (non-hydrogen) atoms. The van der Waals surface area contributed by atoms with Crippen LogP contribution in [0.4, 0.5) is 34.1 Å². The van der Waals surface area contributed by atoms with E-state index < -0.39 is 47.3 Å². The van der Waals surface area contributed by atoms with Gasteiger partial charge in [-0.25, -0.2) is 0 Å². The zero-order valence-electron chi connectivity index (χ0n) is 34.8. The molecule has 0 radical (unpaired) electrons. The Labute approximate surface area is 417 Å². The maximum atomic E-state index is 13.6. The van der Waals surface area contributed by atoms with Crippen LogP contribution in [0, 0.1) is 0 Å². The highest BCUT2D eigenvalue weighted by Crippen LogP contribution is 2.36. The highest BCUT2D eigenvalue weighted by atomic mass is 35.5. The summed E-state index contributed by atoms with van der Waals surface area (Å²) in [6.45, 7) is 5.96. The van der Waals surface area contributed by atoms with Gasteiger partial charge >= 0.3 is 0 Å². The van der Waals surface area contributed by atoms with E-state index in [0.717, 1.165) is 13.8 Å². The maximum absolute atomic E-state index is 13.6. The molecule has 4 N–H and O–H groups in total. The minimum atomic E-state index is -1.63. The first-order chi connectivity index (χ1) is 31.2. The van der Waals surface area contributed by atoms with Crippen molar-refractivity contribution in [1.82, 2.24) is 0 Å². The predicted molar refractivity (Wildman–Crippen MR) is 262 cm³/mol. The normalized spacial score (nSPS) is 12.2. The van der Waals surface area contributed by atoms with Crippen molar-refractivity contribution in [3.8, 4) is 0 Å². The summed E-state index contributed by atoms with van der Waals surface area (Å²) in [4.78, 5) is 78.9. The summed E-state index contributed by atoms with van der Waals surface area (Å²) >= 11 is 49.4. The summed E-state index contributed by atoms with van der Waals surface area (Å²) in [5.74, 6) is -4.20. The molecule has 0 aromatic heterocycles. The monoisotopic (exact) mass is 1050 g/mol. The SMILES string of the molecule is CCc1c(NC(=O)C(N=Nc2cc(C(=O)Nc3cc(Cl)cc(Cl)c3Cl)ccc2Cl)C(C)=O)ccc(NC(=O)C(N=Nc2cc(C(=O)Nc3cc(Cl)cc(Cl)c3Cl)ccc2Cl)C(C)=O)c1CC. The molecular weight excluding hydrogens is 1020 g/mol. The van der Waals surface area contributed by atoms with Crippen LogP contribution in [0.5, 0.6) is 0 Å². The van der Waals surface area contributed by atoms with Crippen LogP contribution < -0.4 is 21.3 Å². The smallest absolute Gasteiger partial charge is 0.258 e. The lowest BCUT2D eigenvalue weighted by atomic mass is 9.98. The Morgan fingerprint density at radius 2 is 0.833 bits per heavy atom. The fraction of sp³-hybridized carbons (Fsp3) is 0.182. The van der Waals surface area contributed by atoms with Crippen LogP contribution in [0.2, 0.25) is 40.2 Å². The van der Waals surface area contributed by atoms with Gasteiger partial charge in [0, 0.05) is 32.5 Å². The molecule has 0 aliphatic heterocycles. The molecule has 0 fully saturated rings. The number of amides is 4. The highest BCUT2D eigenvalue weighted by Gasteiger charge is 2.28. The quantitative estimate of drug-likeness (QED) is 0.0430. The van der Waals surface area contributed by atoms with Gasteiger partial charge in [-0.15, -0.1) is 0 Å². The molecule has 0 heterocycles. The van der Waals surface area contributed by atoms with Crippen LogP contribution in [-0.4, -0.2) is 47.3 Å². The van der Waals surface area contributed by atoms with E-state index in [0.29, 0.717) is 35.3 Å². The molecule has 14 nitrogen and oxygen atoms in total. The molecule has 342 valence electrons. The Hall–Kier alpha value is -5.16. The summed E-state index contributed by atoms with van der Waals surface area (Å²) in [5.41, 5.74) is 2.29. The van der Waals surface area contributed by atoms with Crippen molar-refractivity contribution in [1.29, 1.82) is 0 Å². The molecule has 0 spiro atoms. The number of rotatable bonds is 16. The van der Waals surface area contributed by atoms with E-state index in [-0.39, 0.29) is 74.1 Å². The largest absolute Gasteiger partial charge is 0.323 e. The van der Waals surface area contributed by atoms with Crippen molar-refractivity contribution in [2.45, 2.75) is 52.6 Å². The summed E-state index contributed by atoms with van der Waals surface area (Å²) in [7, 11) is 0. The average Bonchev–Trinajstić information content (AvgIpc) is 3.25. The van der Waals surface area contributed by atoms with Crippen LogP contribution in [0.3, 0.4) is 0 Å². The molecule has 5 aromatic carbocycles. The van der Waals surface area contributed by atoms with E-state index in [4.69, 9.17) is 92.8 Å². The number of anilines is 4. The topological polar surface area (TPSA) is 200 Å². The average molecular weight is 1050 g/mol. The van der Waals surface area contributed by atoms with Gasteiger partial charge in [-0.2, -0.15) is 20.5 Å². The van der Waals surface area contributed by atoms with E-state index in [1.165, 1.54) is 72.8 Å². The molecule has 0 aliphatic carbocycles. The Balaban J connectivity index is 1.32. The van der Waals surface area contributed by atoms with Gasteiger partial charge in [0.2, 0.25) is 12.1 Å². The molecular formula is C44H34Cl8N8O6. The van der Waals surface area contributed by atoms with Crippen molar-refractivity contribution in [3.63, 3.8) is 0 Å². The number of nitrogens with one attached hydrogen (secondary N) is 4. The first-order valence-electron chi connectivity index (χ1n) is 19.3. The fourth-order valence-electron chi connectivity index (χ4n) is 6.16. The van der Waals surface area contributed by atoms with Crippen molar-refractivity contribution in [3.05, 3.63) is 135 Å². The zero-order chi connectivity index (χ0) is 48.6. The molecule has 0 saturated carbocycles. The van der Waals surface area contributed by atoms with Crippen LogP contribution in [0.1, 0.15) is 59.5 Å². The van der Waals surface area contributed by atoms with Gasteiger partial charge in [0.15, 0.2) is 11.6 Å². The van der Waals surface area contributed by atoms with E-state index in [1.54, 1.807) is 0 Å². The molecule has 0 aliphatic rings. The standard InChI is InChI=1S/C44H34Cl8N8O6/c1-5-25-26(6-2)32(54-44(66)40(20(4)62)60-58-34-14-22(8-10-28(34)48)42(64)56-36-18-24(46)16-30(50)38(36)52)12-11-31(25)53-43(65)39(19(3)61)59-57-33-13-21(7-9-27(33)47)41(63)55-35-17-23(45)15-29(49)37(35)51/h7-18,39-40H,5-6H2,1-4H3,(H,53,65)(H,54,66)(H,55,63)(H,56,64). The number of Topliss-reactive ketones (excluding diaryl/α,β-unsaturated/α-hetero) is 2. The van der Waals surface area contributed by atoms with Gasteiger partial charge in [0.1, 0.15) is 11.4 Å². The van der Waals surface area contributed by atoms with E-state index in [2.05, 4.69) is 41.7 Å². The zero-order valence-corrected chi connectivity index (χ0v) is 40.8. The molecule has 5 aromatic rings. The van der Waals surface area contributed by atoms with E-state index >= 15 is 0 Å². The minimum Gasteiger partial charge on any atom is -0.323 e. The van der Waals surface area contributed by atoms with Crippen LogP contribution in [0.25, 0.3) is 0 Å². The van der Waals surface area contributed by atoms with Gasteiger partial charge in [-0.3, -0.25) is 28.8 Å². The Morgan fingerprint density at radius 1 is 0.470 bits per heavy atom. The molecule has 2 atom stereocenters. The number of hydrogen-bond acceptors (Lipinski definition) is 10. The summed E-state index contributed by atoms with van der Waals surface area (Å²) in [6.07, 6.45) is 0.723. The van der Waals surface area contributed by atoms with Crippen molar-refractivity contribution >= 4 is 162 Å². The predicted octanol–water partition coefficient (Wildman–Crippen LogP) is 13.9. The molecule has 0 saturated heterocycles. The van der Waals surface area contributed by atoms with Gasteiger partial charge in [0.25, 0.3) is 23.6 Å². The van der Waals surface area contributed by atoms with Gasteiger partial charge in [-0.05, 0) is 111 Å². The van der Waals surface area contributed by atoms with Crippen molar-refractivity contribution < 1.29 is 28.8 Å². The summed E-state index contributed by atoms with van der Waals surface area (Å²) in [5, 5.41) is 27.8.